The number of aromatic nitrogens is 1. The van der Waals surface area contributed by atoms with Crippen molar-refractivity contribution in [1.82, 2.24) is 4.98 Å². The van der Waals surface area contributed by atoms with Gasteiger partial charge in [0.05, 0.1) is 0 Å². The fraction of sp³-hybridized carbons (Fsp3) is 0.308. The lowest BCUT2D eigenvalue weighted by Gasteiger charge is -2.19. The van der Waals surface area contributed by atoms with Crippen LogP contribution in [0.4, 0.5) is 5.69 Å². The van der Waals surface area contributed by atoms with Crippen LogP contribution in [0.3, 0.4) is 0 Å². The summed E-state index contributed by atoms with van der Waals surface area (Å²) < 4.78 is 0. The number of anilines is 1. The van der Waals surface area contributed by atoms with E-state index >= 15 is 0 Å². The van der Waals surface area contributed by atoms with E-state index < -0.39 is 0 Å². The second-order valence-electron chi connectivity index (χ2n) is 8.72. The molecule has 0 aliphatic carbocycles. The van der Waals surface area contributed by atoms with Crippen molar-refractivity contribution in [3.05, 3.63) is 83.2 Å². The predicted octanol–water partition coefficient (Wildman–Crippen LogP) is 6.23. The molecule has 0 saturated carbocycles. The molecule has 0 aliphatic rings. The molecule has 150 valence electrons. The Kier molecular flexibility index (Phi) is 6.17. The summed E-state index contributed by atoms with van der Waals surface area (Å²) in [6.45, 7) is 10.8. The highest BCUT2D eigenvalue weighted by atomic mass is 16.1. The second-order valence-corrected chi connectivity index (χ2v) is 8.72. The number of amides is 1. The van der Waals surface area contributed by atoms with Gasteiger partial charge in [0.25, 0.3) is 0 Å². The molecule has 1 aromatic heterocycles. The highest BCUT2D eigenvalue weighted by molar-refractivity contribution is 5.91. The summed E-state index contributed by atoms with van der Waals surface area (Å²) in [7, 11) is 0. The highest BCUT2D eigenvalue weighted by Crippen LogP contribution is 2.30. The lowest BCUT2D eigenvalue weighted by atomic mass is 9.86. The van der Waals surface area contributed by atoms with Crippen molar-refractivity contribution in [3.63, 3.8) is 0 Å². The molecule has 0 radical (unpaired) electrons. The minimum Gasteiger partial charge on any atom is -0.326 e. The van der Waals surface area contributed by atoms with Crippen LogP contribution < -0.4 is 5.32 Å². The van der Waals surface area contributed by atoms with E-state index in [-0.39, 0.29) is 11.3 Å². The smallest absolute Gasteiger partial charge is 0.224 e. The first-order chi connectivity index (χ1) is 13.7. The number of hydrogen-bond acceptors (Lipinski definition) is 2. The van der Waals surface area contributed by atoms with Crippen LogP contribution in [0.1, 0.15) is 49.4 Å². The van der Waals surface area contributed by atoms with E-state index in [9.17, 15) is 4.79 Å². The van der Waals surface area contributed by atoms with Crippen LogP contribution in [0.5, 0.6) is 0 Å². The van der Waals surface area contributed by atoms with E-state index in [1.807, 2.05) is 24.3 Å². The predicted molar refractivity (Wildman–Crippen MR) is 121 cm³/mol. The SMILES string of the molecule is Cc1cc(NC(=O)CCc2ccc(C(C)(C)C)cc2)cc(C)c1-c1ccncc1. The minimum atomic E-state index is 0.0420. The molecular formula is C26H30N2O. The Labute approximate surface area is 174 Å². The molecule has 0 spiro atoms. The van der Waals surface area contributed by atoms with E-state index in [4.69, 9.17) is 0 Å². The van der Waals surface area contributed by atoms with Crippen molar-refractivity contribution in [3.8, 4) is 11.1 Å². The van der Waals surface area contributed by atoms with Crippen molar-refractivity contribution < 1.29 is 4.79 Å². The molecule has 3 aromatic rings. The molecular weight excluding hydrogens is 356 g/mol. The van der Waals surface area contributed by atoms with Crippen LogP contribution in [0.25, 0.3) is 11.1 Å². The Morgan fingerprint density at radius 2 is 1.52 bits per heavy atom. The maximum absolute atomic E-state index is 12.5. The van der Waals surface area contributed by atoms with E-state index in [0.29, 0.717) is 6.42 Å². The largest absolute Gasteiger partial charge is 0.326 e. The van der Waals surface area contributed by atoms with Gasteiger partial charge in [-0.15, -0.1) is 0 Å². The molecule has 0 aliphatic heterocycles. The first-order valence-corrected chi connectivity index (χ1v) is 10.1. The van der Waals surface area contributed by atoms with Gasteiger partial charge >= 0.3 is 0 Å². The Hall–Kier alpha value is -2.94. The lowest BCUT2D eigenvalue weighted by Crippen LogP contribution is -2.13. The first kappa shape index (κ1) is 20.8. The number of carbonyl (C=O) groups excluding carboxylic acids is 1. The van der Waals surface area contributed by atoms with Gasteiger partial charge in [-0.3, -0.25) is 9.78 Å². The molecule has 1 amide bonds. The van der Waals surface area contributed by atoms with Gasteiger partial charge in [0, 0.05) is 24.5 Å². The van der Waals surface area contributed by atoms with Crippen molar-refractivity contribution in [2.75, 3.05) is 5.32 Å². The standard InChI is InChI=1S/C26H30N2O/c1-18-16-23(17-19(2)25(18)21-12-14-27-15-13-21)28-24(29)11-8-20-6-9-22(10-7-20)26(3,4)5/h6-7,9-10,12-17H,8,11H2,1-5H3,(H,28,29). The van der Waals surface area contributed by atoms with Crippen molar-refractivity contribution in [1.29, 1.82) is 0 Å². The van der Waals surface area contributed by atoms with Gasteiger partial charge in [-0.2, -0.15) is 0 Å². The first-order valence-electron chi connectivity index (χ1n) is 10.1. The molecule has 0 bridgehead atoms. The zero-order valence-electron chi connectivity index (χ0n) is 18.0. The fourth-order valence-corrected chi connectivity index (χ4v) is 3.66. The Morgan fingerprint density at radius 3 is 2.07 bits per heavy atom. The molecule has 3 rings (SSSR count). The molecule has 3 nitrogen and oxygen atoms in total. The number of aryl methyl sites for hydroxylation is 3. The number of nitrogens with one attached hydrogen (secondary N) is 1. The summed E-state index contributed by atoms with van der Waals surface area (Å²) in [5.74, 6) is 0.0420. The molecule has 0 atom stereocenters. The van der Waals surface area contributed by atoms with Crippen LogP contribution in [0.15, 0.2) is 60.9 Å². The maximum Gasteiger partial charge on any atom is 0.224 e. The third kappa shape index (κ3) is 5.32. The van der Waals surface area contributed by atoms with Gasteiger partial charge < -0.3 is 5.32 Å². The van der Waals surface area contributed by atoms with Gasteiger partial charge in [-0.05, 0) is 83.3 Å². The number of pyridine rings is 1. The molecule has 2 aromatic carbocycles. The van der Waals surface area contributed by atoms with Crippen LogP contribution >= 0.6 is 0 Å². The molecule has 1 heterocycles. The van der Waals surface area contributed by atoms with Crippen molar-refractivity contribution in [2.24, 2.45) is 0 Å². The molecule has 1 N–H and O–H groups in total. The summed E-state index contributed by atoms with van der Waals surface area (Å²) in [4.78, 5) is 16.6. The summed E-state index contributed by atoms with van der Waals surface area (Å²) in [6, 6.07) is 16.7. The molecule has 29 heavy (non-hydrogen) atoms. The summed E-state index contributed by atoms with van der Waals surface area (Å²) in [5.41, 5.74) is 8.13. The van der Waals surface area contributed by atoms with Crippen molar-refractivity contribution >= 4 is 11.6 Å². The topological polar surface area (TPSA) is 42.0 Å². The quantitative estimate of drug-likeness (QED) is 0.564. The van der Waals surface area contributed by atoms with E-state index in [1.54, 1.807) is 12.4 Å². The Morgan fingerprint density at radius 1 is 0.931 bits per heavy atom. The van der Waals surface area contributed by atoms with Gasteiger partial charge in [0.2, 0.25) is 5.91 Å². The third-order valence-electron chi connectivity index (χ3n) is 5.25. The van der Waals surface area contributed by atoms with Gasteiger partial charge in [-0.25, -0.2) is 0 Å². The van der Waals surface area contributed by atoms with Gasteiger partial charge in [-0.1, -0.05) is 45.0 Å². The molecule has 0 saturated heterocycles. The van der Waals surface area contributed by atoms with E-state index in [1.165, 1.54) is 16.7 Å². The van der Waals surface area contributed by atoms with Gasteiger partial charge in [0.1, 0.15) is 0 Å². The second kappa shape index (κ2) is 8.60. The number of rotatable bonds is 5. The summed E-state index contributed by atoms with van der Waals surface area (Å²) in [5, 5.41) is 3.06. The third-order valence-corrected chi connectivity index (χ3v) is 5.25. The maximum atomic E-state index is 12.5. The monoisotopic (exact) mass is 386 g/mol. The number of hydrogen-bond donors (Lipinski definition) is 1. The van der Waals surface area contributed by atoms with Crippen LogP contribution in [0, 0.1) is 13.8 Å². The average Bonchev–Trinajstić information content (AvgIpc) is 2.66. The molecule has 0 fully saturated rings. The van der Waals surface area contributed by atoms with Gasteiger partial charge in [0.15, 0.2) is 0 Å². The Balaban J connectivity index is 1.64. The number of benzene rings is 2. The Bertz CT molecular complexity index is 960. The van der Waals surface area contributed by atoms with Crippen LogP contribution in [-0.2, 0) is 16.6 Å². The number of nitrogens with zero attached hydrogens (tertiary/aromatic N) is 1. The summed E-state index contributed by atoms with van der Waals surface area (Å²) in [6.07, 6.45) is 4.82. The lowest BCUT2D eigenvalue weighted by molar-refractivity contribution is -0.116. The number of carbonyl (C=O) groups is 1. The minimum absolute atomic E-state index is 0.0420. The van der Waals surface area contributed by atoms with Crippen LogP contribution in [0.2, 0.25) is 0 Å². The molecule has 3 heteroatoms. The average molecular weight is 387 g/mol. The zero-order chi connectivity index (χ0) is 21.0. The van der Waals surface area contributed by atoms with Crippen molar-refractivity contribution in [2.45, 2.75) is 52.9 Å². The summed E-state index contributed by atoms with van der Waals surface area (Å²) >= 11 is 0. The fourth-order valence-electron chi connectivity index (χ4n) is 3.66. The van der Waals surface area contributed by atoms with Crippen LogP contribution in [-0.4, -0.2) is 10.9 Å². The highest BCUT2D eigenvalue weighted by Gasteiger charge is 2.13. The van der Waals surface area contributed by atoms with E-state index in [2.05, 4.69) is 69.2 Å². The van der Waals surface area contributed by atoms with E-state index in [0.717, 1.165) is 28.8 Å². The normalized spacial score (nSPS) is 11.3. The zero-order valence-corrected chi connectivity index (χ0v) is 18.0. The molecule has 0 unspecified atom stereocenters.